The molecule has 3 rings (SSSR count). The van der Waals surface area contributed by atoms with Crippen molar-refractivity contribution < 1.29 is 8.78 Å². The molecule has 0 atom stereocenters. The normalized spacial score (nSPS) is 16.6. The number of hydrazine groups is 1. The van der Waals surface area contributed by atoms with Crippen molar-refractivity contribution >= 4 is 22.9 Å². The topological polar surface area (TPSA) is 71.4 Å². The maximum Gasteiger partial charge on any atom is 0.156 e. The summed E-state index contributed by atoms with van der Waals surface area (Å²) in [5.41, 5.74) is 6.85. The lowest BCUT2D eigenvalue weighted by molar-refractivity contribution is 0.280. The van der Waals surface area contributed by atoms with Gasteiger partial charge in [-0.1, -0.05) is 13.8 Å². The fourth-order valence-electron chi connectivity index (χ4n) is 3.16. The molecule has 7 heteroatoms. The first-order valence-electron chi connectivity index (χ1n) is 8.69. The monoisotopic (exact) mass is 361 g/mol. The fourth-order valence-corrected chi connectivity index (χ4v) is 3.16. The minimum absolute atomic E-state index is 0.0720. The van der Waals surface area contributed by atoms with Crippen LogP contribution < -0.4 is 21.5 Å². The Morgan fingerprint density at radius 3 is 2.42 bits per heavy atom. The third kappa shape index (κ3) is 3.44. The molecule has 1 fully saturated rings. The van der Waals surface area contributed by atoms with Crippen molar-refractivity contribution in [2.75, 3.05) is 28.7 Å². The van der Waals surface area contributed by atoms with Crippen LogP contribution in [-0.2, 0) is 0 Å². The van der Waals surface area contributed by atoms with Crippen LogP contribution in [0.1, 0.15) is 32.3 Å². The van der Waals surface area contributed by atoms with Gasteiger partial charge in [0.2, 0.25) is 0 Å². The van der Waals surface area contributed by atoms with Gasteiger partial charge in [-0.25, -0.2) is 19.6 Å². The number of nitrogens with zero attached hydrogens (tertiary/aromatic N) is 3. The molecule has 0 spiro atoms. The minimum atomic E-state index is -0.783. The second-order valence-electron chi connectivity index (χ2n) is 7.63. The fraction of sp³-hybridized carbons (Fsp3) is 0.421. The highest BCUT2D eigenvalue weighted by Gasteiger charge is 2.26. The van der Waals surface area contributed by atoms with Crippen molar-refractivity contribution in [3.63, 3.8) is 0 Å². The lowest BCUT2D eigenvalue weighted by atomic mass is 9.82. The molecule has 140 valence electrons. The Hall–Kier alpha value is -2.41. The average molecular weight is 361 g/mol. The van der Waals surface area contributed by atoms with Gasteiger partial charge >= 0.3 is 0 Å². The zero-order valence-electron chi connectivity index (χ0n) is 15.4. The van der Waals surface area contributed by atoms with E-state index >= 15 is 0 Å². The molecule has 1 aliphatic heterocycles. The van der Waals surface area contributed by atoms with Crippen LogP contribution in [0.15, 0.2) is 24.4 Å². The molecule has 0 radical (unpaired) electrons. The van der Waals surface area contributed by atoms with Gasteiger partial charge in [0.05, 0.1) is 17.6 Å². The van der Waals surface area contributed by atoms with Crippen LogP contribution >= 0.6 is 0 Å². The maximum absolute atomic E-state index is 14.4. The van der Waals surface area contributed by atoms with E-state index < -0.39 is 11.6 Å². The molecule has 1 aromatic carbocycles. The Bertz CT molecular complexity index is 795. The summed E-state index contributed by atoms with van der Waals surface area (Å²) in [4.78, 5) is 6.62. The molecule has 0 saturated carbocycles. The Morgan fingerprint density at radius 2 is 1.85 bits per heavy atom. The van der Waals surface area contributed by atoms with Crippen LogP contribution in [0.3, 0.4) is 0 Å². The van der Waals surface area contributed by atoms with E-state index in [0.29, 0.717) is 11.2 Å². The first-order valence-corrected chi connectivity index (χ1v) is 8.69. The Morgan fingerprint density at radius 1 is 1.19 bits per heavy atom. The zero-order valence-corrected chi connectivity index (χ0v) is 15.4. The first-order chi connectivity index (χ1) is 12.2. The minimum Gasteiger partial charge on any atom is -0.397 e. The number of aromatic nitrogens is 1. The molecule has 2 heterocycles. The summed E-state index contributed by atoms with van der Waals surface area (Å²) in [6.07, 6.45) is 3.96. The summed E-state index contributed by atoms with van der Waals surface area (Å²) >= 11 is 0. The molecule has 26 heavy (non-hydrogen) atoms. The Kier molecular flexibility index (Phi) is 4.75. The quantitative estimate of drug-likeness (QED) is 0.493. The van der Waals surface area contributed by atoms with E-state index in [9.17, 15) is 8.78 Å². The van der Waals surface area contributed by atoms with Gasteiger partial charge in [0.1, 0.15) is 17.3 Å². The summed E-state index contributed by atoms with van der Waals surface area (Å²) < 4.78 is 28.0. The Balaban J connectivity index is 1.82. The van der Waals surface area contributed by atoms with Gasteiger partial charge in [-0.2, -0.15) is 0 Å². The van der Waals surface area contributed by atoms with Crippen LogP contribution in [0.2, 0.25) is 0 Å². The van der Waals surface area contributed by atoms with Crippen LogP contribution in [0.25, 0.3) is 0 Å². The van der Waals surface area contributed by atoms with Gasteiger partial charge in [0.25, 0.3) is 0 Å². The van der Waals surface area contributed by atoms with Crippen molar-refractivity contribution in [2.24, 2.45) is 11.3 Å². The maximum atomic E-state index is 14.4. The third-order valence-electron chi connectivity index (χ3n) is 5.15. The van der Waals surface area contributed by atoms with E-state index in [4.69, 9.17) is 11.6 Å². The lowest BCUT2D eigenvalue weighted by Gasteiger charge is -2.38. The van der Waals surface area contributed by atoms with Gasteiger partial charge in [-0.3, -0.25) is 5.01 Å². The number of nitrogen functional groups attached to an aromatic ring is 1. The Labute approximate surface area is 152 Å². The van der Waals surface area contributed by atoms with Gasteiger partial charge in [-0.15, -0.1) is 0 Å². The average Bonchev–Trinajstić information content (AvgIpc) is 2.60. The molecule has 0 unspecified atom stereocenters. The van der Waals surface area contributed by atoms with Crippen molar-refractivity contribution in [3.8, 4) is 0 Å². The number of pyridine rings is 1. The number of hydrogen-bond acceptors (Lipinski definition) is 5. The van der Waals surface area contributed by atoms with E-state index in [1.807, 2.05) is 6.07 Å². The van der Waals surface area contributed by atoms with Crippen LogP contribution in [0.4, 0.5) is 31.7 Å². The summed E-state index contributed by atoms with van der Waals surface area (Å²) in [5.74, 6) is 4.87. The standard InChI is InChI=1S/C19H25F2N5/c1-12-14(20)10-15(22)18(17(12)21)26(23)16-5-4-13(11-24-16)25-8-6-19(2,3)7-9-25/h4-5,10-11H,6-9,22-23H2,1-3H3. The highest BCUT2D eigenvalue weighted by molar-refractivity contribution is 5.74. The number of nitrogens with two attached hydrogens (primary N) is 2. The van der Waals surface area contributed by atoms with Gasteiger partial charge in [0.15, 0.2) is 5.82 Å². The molecule has 1 saturated heterocycles. The molecule has 0 amide bonds. The summed E-state index contributed by atoms with van der Waals surface area (Å²) in [5, 5.41) is 1.06. The molecular formula is C19H25F2N5. The summed E-state index contributed by atoms with van der Waals surface area (Å²) in [6, 6.07) is 4.69. The highest BCUT2D eigenvalue weighted by Crippen LogP contribution is 2.35. The van der Waals surface area contributed by atoms with Crippen LogP contribution in [-0.4, -0.2) is 18.1 Å². The second-order valence-corrected chi connectivity index (χ2v) is 7.63. The summed E-state index contributed by atoms with van der Waals surface area (Å²) in [6.45, 7) is 7.84. The predicted octanol–water partition coefficient (Wildman–Crippen LogP) is 3.89. The van der Waals surface area contributed by atoms with Crippen LogP contribution in [0.5, 0.6) is 0 Å². The van der Waals surface area contributed by atoms with Crippen molar-refractivity contribution in [1.82, 2.24) is 4.98 Å². The number of hydrogen-bond donors (Lipinski definition) is 2. The van der Waals surface area contributed by atoms with E-state index in [1.54, 1.807) is 12.3 Å². The smallest absolute Gasteiger partial charge is 0.156 e. The highest BCUT2D eigenvalue weighted by atomic mass is 19.1. The van der Waals surface area contributed by atoms with Crippen molar-refractivity contribution in [2.45, 2.75) is 33.6 Å². The van der Waals surface area contributed by atoms with Gasteiger partial charge in [-0.05, 0) is 43.4 Å². The molecule has 2 aromatic rings. The molecule has 1 aromatic heterocycles. The zero-order chi connectivity index (χ0) is 19.1. The predicted molar refractivity (Wildman–Crippen MR) is 101 cm³/mol. The first kappa shape index (κ1) is 18.4. The molecule has 4 N–H and O–H groups in total. The van der Waals surface area contributed by atoms with E-state index in [0.717, 1.165) is 42.7 Å². The molecule has 1 aliphatic rings. The van der Waals surface area contributed by atoms with E-state index in [-0.39, 0.29) is 16.9 Å². The number of rotatable bonds is 3. The number of piperidine rings is 1. The van der Waals surface area contributed by atoms with Gasteiger partial charge in [0, 0.05) is 18.7 Å². The number of anilines is 4. The second kappa shape index (κ2) is 6.72. The largest absolute Gasteiger partial charge is 0.397 e. The van der Waals surface area contributed by atoms with Crippen LogP contribution in [0, 0.1) is 24.0 Å². The molecule has 5 nitrogen and oxygen atoms in total. The lowest BCUT2D eigenvalue weighted by Crippen LogP contribution is -2.37. The van der Waals surface area contributed by atoms with Crippen molar-refractivity contribution in [3.05, 3.63) is 41.6 Å². The van der Waals surface area contributed by atoms with Crippen molar-refractivity contribution in [1.29, 1.82) is 0 Å². The number of halogens is 2. The van der Waals surface area contributed by atoms with E-state index in [2.05, 4.69) is 23.7 Å². The molecule has 0 bridgehead atoms. The number of benzene rings is 1. The van der Waals surface area contributed by atoms with Gasteiger partial charge < -0.3 is 10.6 Å². The third-order valence-corrected chi connectivity index (χ3v) is 5.15. The molecule has 0 aliphatic carbocycles. The summed E-state index contributed by atoms with van der Waals surface area (Å²) in [7, 11) is 0. The van der Waals surface area contributed by atoms with E-state index in [1.165, 1.54) is 6.92 Å². The molecular weight excluding hydrogens is 336 g/mol. The SMILES string of the molecule is Cc1c(F)cc(N)c(N(N)c2ccc(N3CCC(C)(C)CC3)cn2)c1F.